The highest BCUT2D eigenvalue weighted by Crippen LogP contribution is 2.35. The third kappa shape index (κ3) is 6.93. The molecule has 0 radical (unpaired) electrons. The maximum Gasteiger partial charge on any atom is 0.191 e. The molecule has 1 heterocycles. The predicted molar refractivity (Wildman–Crippen MR) is 128 cm³/mol. The van der Waals surface area contributed by atoms with Gasteiger partial charge >= 0.3 is 0 Å². The molecule has 1 aliphatic heterocycles. The van der Waals surface area contributed by atoms with Gasteiger partial charge in [-0.2, -0.15) is 11.8 Å². The first kappa shape index (κ1) is 23.5. The molecule has 158 valence electrons. The average Bonchev–Trinajstić information content (AvgIpc) is 2.69. The molecule has 3 rings (SSSR count). The fourth-order valence-electron chi connectivity index (χ4n) is 4.78. The van der Waals surface area contributed by atoms with Crippen LogP contribution in [0.15, 0.2) is 4.99 Å². The Labute approximate surface area is 186 Å². The van der Waals surface area contributed by atoms with Gasteiger partial charge in [-0.3, -0.25) is 9.89 Å². The second-order valence-corrected chi connectivity index (χ2v) is 9.45. The molecule has 3 aliphatic rings. The summed E-state index contributed by atoms with van der Waals surface area (Å²) in [6.07, 6.45) is 10.5. The Morgan fingerprint density at radius 1 is 1.11 bits per heavy atom. The van der Waals surface area contributed by atoms with E-state index in [2.05, 4.69) is 34.2 Å². The molecule has 3 N–H and O–H groups in total. The summed E-state index contributed by atoms with van der Waals surface area (Å²) in [6, 6.07) is 0.449. The number of rotatable bonds is 5. The minimum Gasteiger partial charge on any atom is -0.393 e. The number of aliphatic imine (C=N–C) groups is 1. The smallest absolute Gasteiger partial charge is 0.191 e. The van der Waals surface area contributed by atoms with Crippen LogP contribution in [-0.4, -0.2) is 71.3 Å². The Morgan fingerprint density at radius 2 is 1.78 bits per heavy atom. The van der Waals surface area contributed by atoms with Crippen LogP contribution in [0.3, 0.4) is 0 Å². The van der Waals surface area contributed by atoms with Crippen LogP contribution in [0.5, 0.6) is 0 Å². The molecule has 7 heteroatoms. The molecule has 0 aromatic rings. The molecular weight excluding hydrogens is 471 g/mol. The van der Waals surface area contributed by atoms with Gasteiger partial charge in [0.1, 0.15) is 0 Å². The van der Waals surface area contributed by atoms with Crippen molar-refractivity contribution in [3.05, 3.63) is 0 Å². The lowest BCUT2D eigenvalue weighted by Crippen LogP contribution is -2.56. The molecule has 1 saturated heterocycles. The van der Waals surface area contributed by atoms with Gasteiger partial charge in [0.15, 0.2) is 5.96 Å². The van der Waals surface area contributed by atoms with Crippen molar-refractivity contribution >= 4 is 41.7 Å². The summed E-state index contributed by atoms with van der Waals surface area (Å²) in [5, 5.41) is 16.8. The number of halogens is 1. The summed E-state index contributed by atoms with van der Waals surface area (Å²) < 4.78 is 0. The standard InChI is InChI=1S/C20H38N4OS.HI/c1-2-21-19(23-17-6-8-18(25)9-7-17)22-16-20(10-4-3-5-11-20)24-12-14-26-15-13-24;/h17-18,25H,2-16H2,1H3,(H2,21,22,23);1H. The van der Waals surface area contributed by atoms with E-state index in [0.717, 1.165) is 44.7 Å². The van der Waals surface area contributed by atoms with E-state index >= 15 is 0 Å². The van der Waals surface area contributed by atoms with Gasteiger partial charge in [0.2, 0.25) is 0 Å². The molecule has 2 aliphatic carbocycles. The van der Waals surface area contributed by atoms with Gasteiger partial charge in [0.05, 0.1) is 12.6 Å². The molecule has 0 amide bonds. The SMILES string of the molecule is CCNC(=NCC1(N2CCSCC2)CCCCC1)NC1CCC(O)CC1.I. The van der Waals surface area contributed by atoms with Crippen molar-refractivity contribution in [2.75, 3.05) is 37.7 Å². The highest BCUT2D eigenvalue weighted by molar-refractivity contribution is 14.0. The van der Waals surface area contributed by atoms with Gasteiger partial charge in [-0.25, -0.2) is 0 Å². The Hall–Kier alpha value is 0.270. The molecule has 0 spiro atoms. The molecule has 3 fully saturated rings. The summed E-state index contributed by atoms with van der Waals surface area (Å²) in [5.74, 6) is 3.52. The molecule has 0 unspecified atom stereocenters. The molecule has 27 heavy (non-hydrogen) atoms. The Bertz CT molecular complexity index is 445. The molecule has 0 aromatic carbocycles. The number of guanidine groups is 1. The zero-order valence-electron chi connectivity index (χ0n) is 16.9. The van der Waals surface area contributed by atoms with E-state index in [0.29, 0.717) is 6.04 Å². The summed E-state index contributed by atoms with van der Waals surface area (Å²) >= 11 is 2.09. The highest BCUT2D eigenvalue weighted by atomic mass is 127. The second-order valence-electron chi connectivity index (χ2n) is 8.23. The Morgan fingerprint density at radius 3 is 2.41 bits per heavy atom. The average molecular weight is 511 g/mol. The second kappa shape index (κ2) is 12.1. The molecule has 5 nitrogen and oxygen atoms in total. The third-order valence-electron chi connectivity index (χ3n) is 6.38. The van der Waals surface area contributed by atoms with Gasteiger partial charge in [-0.1, -0.05) is 19.3 Å². The summed E-state index contributed by atoms with van der Waals surface area (Å²) in [5.41, 5.74) is 0.282. The molecule has 2 saturated carbocycles. The van der Waals surface area contributed by atoms with Crippen LogP contribution in [0.4, 0.5) is 0 Å². The number of thioether (sulfide) groups is 1. The maximum absolute atomic E-state index is 9.74. The minimum absolute atomic E-state index is 0. The zero-order chi connectivity index (χ0) is 18.2. The van der Waals surface area contributed by atoms with E-state index in [1.54, 1.807) is 0 Å². The monoisotopic (exact) mass is 510 g/mol. The first-order valence-electron chi connectivity index (χ1n) is 10.8. The van der Waals surface area contributed by atoms with E-state index in [4.69, 9.17) is 4.99 Å². The summed E-state index contributed by atoms with van der Waals surface area (Å²) in [6.45, 7) is 6.41. The van der Waals surface area contributed by atoms with E-state index in [9.17, 15) is 5.11 Å². The quantitative estimate of drug-likeness (QED) is 0.301. The topological polar surface area (TPSA) is 59.9 Å². The van der Waals surface area contributed by atoms with Gasteiger partial charge < -0.3 is 15.7 Å². The van der Waals surface area contributed by atoms with Crippen LogP contribution in [0.25, 0.3) is 0 Å². The van der Waals surface area contributed by atoms with E-state index in [1.165, 1.54) is 56.7 Å². The van der Waals surface area contributed by atoms with Gasteiger partial charge in [-0.05, 0) is 45.4 Å². The van der Waals surface area contributed by atoms with Gasteiger partial charge in [0.25, 0.3) is 0 Å². The molecule has 0 bridgehead atoms. The fourth-order valence-corrected chi connectivity index (χ4v) is 5.68. The van der Waals surface area contributed by atoms with Crippen LogP contribution in [0.2, 0.25) is 0 Å². The van der Waals surface area contributed by atoms with Crippen molar-refractivity contribution in [1.29, 1.82) is 0 Å². The van der Waals surface area contributed by atoms with Crippen molar-refractivity contribution in [1.82, 2.24) is 15.5 Å². The van der Waals surface area contributed by atoms with Crippen molar-refractivity contribution in [3.63, 3.8) is 0 Å². The first-order valence-corrected chi connectivity index (χ1v) is 11.9. The van der Waals surface area contributed by atoms with Crippen LogP contribution < -0.4 is 10.6 Å². The lowest BCUT2D eigenvalue weighted by atomic mass is 9.80. The van der Waals surface area contributed by atoms with Crippen molar-refractivity contribution < 1.29 is 5.11 Å². The maximum atomic E-state index is 9.74. The zero-order valence-corrected chi connectivity index (χ0v) is 20.1. The van der Waals surface area contributed by atoms with Crippen LogP contribution in [0, 0.1) is 0 Å². The number of nitrogens with zero attached hydrogens (tertiary/aromatic N) is 2. The van der Waals surface area contributed by atoms with Crippen molar-refractivity contribution in [2.24, 2.45) is 4.99 Å². The van der Waals surface area contributed by atoms with Gasteiger partial charge in [0, 0.05) is 42.7 Å². The van der Waals surface area contributed by atoms with Crippen LogP contribution in [0.1, 0.15) is 64.7 Å². The van der Waals surface area contributed by atoms with E-state index in [-0.39, 0.29) is 35.6 Å². The normalized spacial score (nSPS) is 29.6. The number of hydrogen-bond acceptors (Lipinski definition) is 4. The predicted octanol–water partition coefficient (Wildman–Crippen LogP) is 3.21. The minimum atomic E-state index is -0.102. The first-order chi connectivity index (χ1) is 12.7. The lowest BCUT2D eigenvalue weighted by molar-refractivity contribution is 0.0671. The molecule has 0 aromatic heterocycles. The van der Waals surface area contributed by atoms with Crippen molar-refractivity contribution in [3.8, 4) is 0 Å². The summed E-state index contributed by atoms with van der Waals surface area (Å²) in [7, 11) is 0. The van der Waals surface area contributed by atoms with E-state index in [1.807, 2.05) is 0 Å². The van der Waals surface area contributed by atoms with E-state index < -0.39 is 0 Å². The molecular formula is C20H39IN4OS. The van der Waals surface area contributed by atoms with Crippen LogP contribution >= 0.6 is 35.7 Å². The lowest BCUT2D eigenvalue weighted by Gasteiger charge is -2.47. The Balaban J connectivity index is 0.00000261. The third-order valence-corrected chi connectivity index (χ3v) is 7.32. The number of hydrogen-bond donors (Lipinski definition) is 3. The largest absolute Gasteiger partial charge is 0.393 e. The van der Waals surface area contributed by atoms with Crippen molar-refractivity contribution in [2.45, 2.75) is 82.4 Å². The number of aliphatic hydroxyl groups is 1. The number of nitrogens with one attached hydrogen (secondary N) is 2. The molecule has 0 atom stereocenters. The summed E-state index contributed by atoms with van der Waals surface area (Å²) in [4.78, 5) is 7.84. The van der Waals surface area contributed by atoms with Gasteiger partial charge in [-0.15, -0.1) is 24.0 Å². The highest BCUT2D eigenvalue weighted by Gasteiger charge is 2.38. The number of aliphatic hydroxyl groups excluding tert-OH is 1. The fraction of sp³-hybridized carbons (Fsp3) is 0.950. The van der Waals surface area contributed by atoms with Crippen LogP contribution in [-0.2, 0) is 0 Å². The Kier molecular flexibility index (Phi) is 10.5.